The molecule has 0 rings (SSSR count). The lowest BCUT2D eigenvalue weighted by Crippen LogP contribution is -2.51. The molecule has 0 saturated carbocycles. The number of alkyl halides is 3. The summed E-state index contributed by atoms with van der Waals surface area (Å²) in [6, 6.07) is -1.97. The molecule has 0 fully saturated rings. The Morgan fingerprint density at radius 3 is 2.00 bits per heavy atom. The maximum Gasteiger partial charge on any atom is 0.471 e. The van der Waals surface area contributed by atoms with Crippen LogP contribution in [0.1, 0.15) is 6.92 Å². The third kappa shape index (κ3) is 3.60. The smallest absolute Gasteiger partial charge is 0.471 e. The zero-order chi connectivity index (χ0) is 11.5. The minimum atomic E-state index is -5.16. The van der Waals surface area contributed by atoms with Gasteiger partial charge in [0.2, 0.25) is 0 Å². The van der Waals surface area contributed by atoms with Crippen molar-refractivity contribution in [3.63, 3.8) is 0 Å². The van der Waals surface area contributed by atoms with Gasteiger partial charge in [0.05, 0.1) is 6.10 Å². The molecule has 2 atom stereocenters. The Bertz CT molecular complexity index is 238. The minimum Gasteiger partial charge on any atom is -0.480 e. The minimum absolute atomic E-state index is 0.954. The van der Waals surface area contributed by atoms with Crippen LogP contribution in [-0.2, 0) is 9.59 Å². The van der Waals surface area contributed by atoms with E-state index >= 15 is 0 Å². The van der Waals surface area contributed by atoms with Gasteiger partial charge in [0, 0.05) is 0 Å². The van der Waals surface area contributed by atoms with Gasteiger partial charge in [0.1, 0.15) is 0 Å². The number of carbonyl (C=O) groups excluding carboxylic acids is 1. The fourth-order valence-corrected chi connectivity index (χ4v) is 0.612. The Morgan fingerprint density at radius 2 is 1.79 bits per heavy atom. The highest BCUT2D eigenvalue weighted by Crippen LogP contribution is 2.14. The third-order valence-electron chi connectivity index (χ3n) is 1.29. The highest BCUT2D eigenvalue weighted by Gasteiger charge is 2.41. The molecule has 0 saturated heterocycles. The maximum absolute atomic E-state index is 11.6. The highest BCUT2D eigenvalue weighted by atomic mass is 19.4. The average molecular weight is 215 g/mol. The summed E-state index contributed by atoms with van der Waals surface area (Å²) < 4.78 is 34.9. The number of aliphatic hydroxyl groups is 1. The second-order valence-corrected chi connectivity index (χ2v) is 2.53. The van der Waals surface area contributed by atoms with E-state index < -0.39 is 30.2 Å². The summed E-state index contributed by atoms with van der Waals surface area (Å²) in [6.07, 6.45) is -6.78. The fourth-order valence-electron chi connectivity index (χ4n) is 0.612. The number of rotatable bonds is 3. The van der Waals surface area contributed by atoms with E-state index in [1.54, 1.807) is 0 Å². The highest BCUT2D eigenvalue weighted by molar-refractivity contribution is 5.87. The monoisotopic (exact) mass is 215 g/mol. The summed E-state index contributed by atoms with van der Waals surface area (Å²) in [5.74, 6) is -4.14. The molecule has 0 aliphatic carbocycles. The van der Waals surface area contributed by atoms with Crippen LogP contribution in [-0.4, -0.2) is 40.4 Å². The topological polar surface area (TPSA) is 86.6 Å². The molecule has 8 heteroatoms. The van der Waals surface area contributed by atoms with Crippen LogP contribution in [0.15, 0.2) is 0 Å². The summed E-state index contributed by atoms with van der Waals surface area (Å²) in [7, 11) is 0. The lowest BCUT2D eigenvalue weighted by molar-refractivity contribution is -0.176. The summed E-state index contributed by atoms with van der Waals surface area (Å²) >= 11 is 0. The van der Waals surface area contributed by atoms with E-state index in [9.17, 15) is 22.8 Å². The molecule has 0 aliphatic rings. The predicted molar refractivity (Wildman–Crippen MR) is 37.3 cm³/mol. The molecule has 1 amide bonds. The summed E-state index contributed by atoms with van der Waals surface area (Å²) in [4.78, 5) is 20.5. The number of amides is 1. The van der Waals surface area contributed by atoms with Crippen LogP contribution >= 0.6 is 0 Å². The molecule has 0 heterocycles. The quantitative estimate of drug-likeness (QED) is 0.592. The van der Waals surface area contributed by atoms with E-state index in [4.69, 9.17) is 10.2 Å². The van der Waals surface area contributed by atoms with Gasteiger partial charge in [-0.15, -0.1) is 0 Å². The third-order valence-corrected chi connectivity index (χ3v) is 1.29. The molecule has 3 N–H and O–H groups in total. The maximum atomic E-state index is 11.6. The van der Waals surface area contributed by atoms with Crippen molar-refractivity contribution in [3.05, 3.63) is 0 Å². The van der Waals surface area contributed by atoms with Gasteiger partial charge in [0.15, 0.2) is 6.04 Å². The first-order valence-electron chi connectivity index (χ1n) is 3.45. The lowest BCUT2D eigenvalue weighted by atomic mass is 10.2. The van der Waals surface area contributed by atoms with Gasteiger partial charge in [-0.3, -0.25) is 4.79 Å². The van der Waals surface area contributed by atoms with Crippen molar-refractivity contribution >= 4 is 11.9 Å². The van der Waals surface area contributed by atoms with Crippen molar-refractivity contribution in [1.82, 2.24) is 5.32 Å². The van der Waals surface area contributed by atoms with E-state index in [1.165, 1.54) is 0 Å². The summed E-state index contributed by atoms with van der Waals surface area (Å²) in [5.41, 5.74) is 0. The van der Waals surface area contributed by atoms with Crippen LogP contribution in [0.3, 0.4) is 0 Å². The molecule has 2 unspecified atom stereocenters. The van der Waals surface area contributed by atoms with Crippen molar-refractivity contribution < 1.29 is 33.0 Å². The molecule has 0 bridgehead atoms. The second kappa shape index (κ2) is 4.27. The molecule has 0 aliphatic heterocycles. The first kappa shape index (κ1) is 12.7. The number of aliphatic carboxylic acids is 1. The van der Waals surface area contributed by atoms with Gasteiger partial charge in [0.25, 0.3) is 0 Å². The van der Waals surface area contributed by atoms with Crippen LogP contribution in [0.2, 0.25) is 0 Å². The van der Waals surface area contributed by atoms with Gasteiger partial charge >= 0.3 is 18.1 Å². The van der Waals surface area contributed by atoms with Gasteiger partial charge in [-0.2, -0.15) is 13.2 Å². The van der Waals surface area contributed by atoms with E-state index in [2.05, 4.69) is 0 Å². The molecular weight excluding hydrogens is 207 g/mol. The number of carbonyl (C=O) groups is 2. The zero-order valence-corrected chi connectivity index (χ0v) is 7.00. The summed E-state index contributed by atoms with van der Waals surface area (Å²) in [6.45, 7) is 0.954. The molecule has 82 valence electrons. The second-order valence-electron chi connectivity index (χ2n) is 2.53. The molecule has 0 radical (unpaired) electrons. The number of hydrogen-bond donors (Lipinski definition) is 3. The Labute approximate surface area is 76.5 Å². The molecular formula is C6H8F3NO4. The van der Waals surface area contributed by atoms with Crippen LogP contribution in [0.5, 0.6) is 0 Å². The largest absolute Gasteiger partial charge is 0.480 e. The van der Waals surface area contributed by atoms with Gasteiger partial charge < -0.3 is 15.5 Å². The van der Waals surface area contributed by atoms with E-state index in [1.807, 2.05) is 0 Å². The van der Waals surface area contributed by atoms with Crippen LogP contribution in [0, 0.1) is 0 Å². The molecule has 0 spiro atoms. The van der Waals surface area contributed by atoms with Gasteiger partial charge in [-0.1, -0.05) is 0 Å². The van der Waals surface area contributed by atoms with Gasteiger partial charge in [-0.25, -0.2) is 4.79 Å². The first-order valence-corrected chi connectivity index (χ1v) is 3.45. The Hall–Kier alpha value is -1.31. The fraction of sp³-hybridized carbons (Fsp3) is 0.667. The normalized spacial score (nSPS) is 15.8. The number of halogens is 3. The lowest BCUT2D eigenvalue weighted by Gasteiger charge is -2.17. The first-order chi connectivity index (χ1) is 6.16. The number of carboxylic acid groups (broad SMARTS) is 1. The zero-order valence-electron chi connectivity index (χ0n) is 7.00. The van der Waals surface area contributed by atoms with E-state index in [-0.39, 0.29) is 0 Å². The Kier molecular flexibility index (Phi) is 3.87. The van der Waals surface area contributed by atoms with Crippen molar-refractivity contribution in [2.45, 2.75) is 25.2 Å². The van der Waals surface area contributed by atoms with Crippen LogP contribution in [0.25, 0.3) is 0 Å². The SMILES string of the molecule is CC(O)C(NC(=O)C(F)(F)F)C(=O)O. The number of nitrogens with one attached hydrogen (secondary N) is 1. The van der Waals surface area contributed by atoms with Crippen LogP contribution < -0.4 is 5.32 Å². The molecule has 0 aromatic carbocycles. The molecule has 0 aromatic heterocycles. The van der Waals surface area contributed by atoms with Crippen molar-refractivity contribution in [3.8, 4) is 0 Å². The number of aliphatic hydroxyl groups excluding tert-OH is 1. The predicted octanol–water partition coefficient (Wildman–Crippen LogP) is -0.501. The van der Waals surface area contributed by atoms with Crippen molar-refractivity contribution in [1.29, 1.82) is 0 Å². The van der Waals surface area contributed by atoms with Crippen molar-refractivity contribution in [2.75, 3.05) is 0 Å². The van der Waals surface area contributed by atoms with Crippen molar-refractivity contribution in [2.24, 2.45) is 0 Å². The molecule has 0 aromatic rings. The Balaban J connectivity index is 4.48. The Morgan fingerprint density at radius 1 is 1.36 bits per heavy atom. The summed E-state index contributed by atoms with van der Waals surface area (Å²) in [5, 5.41) is 18.2. The number of carboxylic acids is 1. The van der Waals surface area contributed by atoms with E-state index in [0.29, 0.717) is 0 Å². The molecule has 5 nitrogen and oxygen atoms in total. The standard InChI is InChI=1S/C6H8F3NO4/c1-2(11)3(4(12)13)10-5(14)6(7,8)9/h2-3,11H,1H3,(H,10,14)(H,12,13). The average Bonchev–Trinajstić information content (AvgIpc) is 1.96. The van der Waals surface area contributed by atoms with Crippen LogP contribution in [0.4, 0.5) is 13.2 Å². The van der Waals surface area contributed by atoms with E-state index in [0.717, 1.165) is 12.2 Å². The molecule has 14 heavy (non-hydrogen) atoms. The van der Waals surface area contributed by atoms with Gasteiger partial charge in [-0.05, 0) is 6.92 Å². The number of hydrogen-bond acceptors (Lipinski definition) is 3.